The highest BCUT2D eigenvalue weighted by atomic mass is 16.2. The molecule has 2 N–H and O–H groups in total. The van der Waals surface area contributed by atoms with Crippen molar-refractivity contribution in [2.45, 2.75) is 32.7 Å². The maximum Gasteiger partial charge on any atom is 0.241 e. The average molecular weight is 331 g/mol. The Kier molecular flexibility index (Phi) is 6.78. The predicted molar refractivity (Wildman–Crippen MR) is 90.9 cm³/mol. The number of amides is 3. The number of nitrogens with zero attached hydrogens (tertiary/aromatic N) is 1. The van der Waals surface area contributed by atoms with Crippen LogP contribution in [0.5, 0.6) is 0 Å². The lowest BCUT2D eigenvalue weighted by molar-refractivity contribution is -0.136. The monoisotopic (exact) mass is 331 g/mol. The van der Waals surface area contributed by atoms with Crippen molar-refractivity contribution < 1.29 is 14.4 Å². The number of carbonyl (C=O) groups is 3. The third-order valence-electron chi connectivity index (χ3n) is 4.29. The van der Waals surface area contributed by atoms with Crippen LogP contribution in [0.25, 0.3) is 0 Å². The molecule has 2 rings (SSSR count). The number of rotatable bonds is 6. The fourth-order valence-corrected chi connectivity index (χ4v) is 2.73. The zero-order chi connectivity index (χ0) is 17.4. The molecule has 0 saturated carbocycles. The molecule has 1 saturated heterocycles. The molecule has 3 amide bonds. The van der Waals surface area contributed by atoms with Gasteiger partial charge >= 0.3 is 0 Å². The van der Waals surface area contributed by atoms with E-state index in [0.29, 0.717) is 38.9 Å². The van der Waals surface area contributed by atoms with Crippen LogP contribution in [0.4, 0.5) is 0 Å². The van der Waals surface area contributed by atoms with Gasteiger partial charge in [-0.15, -0.1) is 0 Å². The van der Waals surface area contributed by atoms with Gasteiger partial charge in [-0.3, -0.25) is 14.4 Å². The maximum absolute atomic E-state index is 12.2. The molecule has 130 valence electrons. The summed E-state index contributed by atoms with van der Waals surface area (Å²) in [6, 6.07) is 9.80. The van der Waals surface area contributed by atoms with Crippen molar-refractivity contribution >= 4 is 17.7 Å². The number of likely N-dealkylation sites (tertiary alicyclic amines) is 1. The third-order valence-corrected chi connectivity index (χ3v) is 4.29. The first-order valence-corrected chi connectivity index (χ1v) is 8.46. The van der Waals surface area contributed by atoms with E-state index in [1.807, 2.05) is 30.3 Å². The number of nitrogens with one attached hydrogen (secondary N) is 2. The van der Waals surface area contributed by atoms with Gasteiger partial charge in [-0.1, -0.05) is 37.3 Å². The molecule has 1 fully saturated rings. The fraction of sp³-hybridized carbons (Fsp3) is 0.500. The minimum absolute atomic E-state index is 0.0392. The van der Waals surface area contributed by atoms with E-state index in [2.05, 4.69) is 10.6 Å². The van der Waals surface area contributed by atoms with Gasteiger partial charge in [0.15, 0.2) is 0 Å². The van der Waals surface area contributed by atoms with Crippen molar-refractivity contribution in [3.63, 3.8) is 0 Å². The van der Waals surface area contributed by atoms with Gasteiger partial charge in [0.05, 0.1) is 6.54 Å². The van der Waals surface area contributed by atoms with Gasteiger partial charge in [0.2, 0.25) is 17.7 Å². The van der Waals surface area contributed by atoms with Crippen molar-refractivity contribution in [3.8, 4) is 0 Å². The molecule has 1 aromatic rings. The Balaban J connectivity index is 1.70. The molecule has 1 aromatic carbocycles. The van der Waals surface area contributed by atoms with Crippen molar-refractivity contribution in [2.24, 2.45) is 5.92 Å². The molecule has 0 radical (unpaired) electrons. The fourth-order valence-electron chi connectivity index (χ4n) is 2.73. The molecular formula is C18H25N3O3. The van der Waals surface area contributed by atoms with Gasteiger partial charge in [-0.05, 0) is 18.4 Å². The van der Waals surface area contributed by atoms with E-state index in [1.54, 1.807) is 11.8 Å². The van der Waals surface area contributed by atoms with Gasteiger partial charge in [0.1, 0.15) is 0 Å². The lowest BCUT2D eigenvalue weighted by atomic mass is 9.95. The molecule has 0 spiro atoms. The molecule has 24 heavy (non-hydrogen) atoms. The first kappa shape index (κ1) is 18.0. The maximum atomic E-state index is 12.2. The minimum Gasteiger partial charge on any atom is -0.352 e. The Morgan fingerprint density at radius 1 is 1.08 bits per heavy atom. The summed E-state index contributed by atoms with van der Waals surface area (Å²) in [7, 11) is 0. The number of hydrogen-bond donors (Lipinski definition) is 2. The summed E-state index contributed by atoms with van der Waals surface area (Å²) in [6.07, 6.45) is 1.69. The number of carbonyl (C=O) groups excluding carboxylic acids is 3. The van der Waals surface area contributed by atoms with Crippen LogP contribution in [0.1, 0.15) is 31.7 Å². The van der Waals surface area contributed by atoms with Gasteiger partial charge in [-0.25, -0.2) is 0 Å². The molecule has 0 aromatic heterocycles. The predicted octanol–water partition coefficient (Wildman–Crippen LogP) is 1.07. The lowest BCUT2D eigenvalue weighted by Gasteiger charge is -2.31. The molecule has 6 nitrogen and oxygen atoms in total. The highest BCUT2D eigenvalue weighted by Gasteiger charge is 2.27. The smallest absolute Gasteiger partial charge is 0.241 e. The summed E-state index contributed by atoms with van der Waals surface area (Å²) in [5.41, 5.74) is 1.07. The van der Waals surface area contributed by atoms with E-state index in [9.17, 15) is 14.4 Å². The quantitative estimate of drug-likeness (QED) is 0.818. The number of benzene rings is 1. The zero-order valence-corrected chi connectivity index (χ0v) is 14.1. The van der Waals surface area contributed by atoms with Crippen LogP contribution in [0, 0.1) is 5.92 Å². The highest BCUT2D eigenvalue weighted by molar-refractivity contribution is 5.85. The summed E-state index contributed by atoms with van der Waals surface area (Å²) in [5, 5.41) is 5.55. The second-order valence-electron chi connectivity index (χ2n) is 5.99. The van der Waals surface area contributed by atoms with Crippen LogP contribution in [0.3, 0.4) is 0 Å². The molecule has 0 aliphatic carbocycles. The van der Waals surface area contributed by atoms with E-state index < -0.39 is 0 Å². The molecule has 6 heteroatoms. The van der Waals surface area contributed by atoms with Crippen molar-refractivity contribution in [2.75, 3.05) is 19.6 Å². The van der Waals surface area contributed by atoms with Crippen molar-refractivity contribution in [3.05, 3.63) is 35.9 Å². The van der Waals surface area contributed by atoms with E-state index in [1.165, 1.54) is 0 Å². The first-order valence-electron chi connectivity index (χ1n) is 8.46. The molecule has 1 aliphatic rings. The van der Waals surface area contributed by atoms with Crippen LogP contribution in [-0.4, -0.2) is 42.3 Å². The van der Waals surface area contributed by atoms with Crippen molar-refractivity contribution in [1.29, 1.82) is 0 Å². The molecule has 1 aliphatic heterocycles. The third kappa shape index (κ3) is 5.37. The van der Waals surface area contributed by atoms with E-state index in [-0.39, 0.29) is 30.2 Å². The molecular weight excluding hydrogens is 306 g/mol. The van der Waals surface area contributed by atoms with Crippen LogP contribution < -0.4 is 10.6 Å². The van der Waals surface area contributed by atoms with Gasteiger partial charge in [0, 0.05) is 32.0 Å². The SMILES string of the molecule is CCC(=O)NCC(=O)N1CCC(C(=O)NCc2ccccc2)CC1. The van der Waals surface area contributed by atoms with Crippen LogP contribution in [-0.2, 0) is 20.9 Å². The second kappa shape index (κ2) is 9.05. The first-order chi connectivity index (χ1) is 11.6. The zero-order valence-electron chi connectivity index (χ0n) is 14.1. The van der Waals surface area contributed by atoms with E-state index in [4.69, 9.17) is 0 Å². The van der Waals surface area contributed by atoms with Gasteiger partial charge in [-0.2, -0.15) is 0 Å². The summed E-state index contributed by atoms with van der Waals surface area (Å²) in [5.74, 6) is -0.216. The molecule has 1 heterocycles. The molecule has 0 unspecified atom stereocenters. The Morgan fingerprint density at radius 3 is 2.38 bits per heavy atom. The Morgan fingerprint density at radius 2 is 1.75 bits per heavy atom. The van der Waals surface area contributed by atoms with Gasteiger partial charge in [0.25, 0.3) is 0 Å². The number of hydrogen-bond acceptors (Lipinski definition) is 3. The Labute approximate surface area is 142 Å². The molecule has 0 atom stereocenters. The Hall–Kier alpha value is -2.37. The lowest BCUT2D eigenvalue weighted by Crippen LogP contribution is -2.46. The normalized spacial score (nSPS) is 15.0. The Bertz CT molecular complexity index is 566. The summed E-state index contributed by atoms with van der Waals surface area (Å²) in [4.78, 5) is 37.2. The molecule has 0 bridgehead atoms. The summed E-state index contributed by atoms with van der Waals surface area (Å²) >= 11 is 0. The standard InChI is InChI=1S/C18H25N3O3/c1-2-16(22)19-13-17(23)21-10-8-15(9-11-21)18(24)20-12-14-6-4-3-5-7-14/h3-7,15H,2,8-13H2,1H3,(H,19,22)(H,20,24). The number of piperidine rings is 1. The van der Waals surface area contributed by atoms with E-state index >= 15 is 0 Å². The largest absolute Gasteiger partial charge is 0.352 e. The van der Waals surface area contributed by atoms with E-state index in [0.717, 1.165) is 5.56 Å². The van der Waals surface area contributed by atoms with Crippen LogP contribution >= 0.6 is 0 Å². The van der Waals surface area contributed by atoms with Crippen LogP contribution in [0.2, 0.25) is 0 Å². The minimum atomic E-state index is -0.126. The van der Waals surface area contributed by atoms with Crippen molar-refractivity contribution in [1.82, 2.24) is 15.5 Å². The summed E-state index contributed by atoms with van der Waals surface area (Å²) in [6.45, 7) is 3.44. The van der Waals surface area contributed by atoms with Gasteiger partial charge < -0.3 is 15.5 Å². The topological polar surface area (TPSA) is 78.5 Å². The average Bonchev–Trinajstić information content (AvgIpc) is 2.64. The summed E-state index contributed by atoms with van der Waals surface area (Å²) < 4.78 is 0. The van der Waals surface area contributed by atoms with Crippen LogP contribution in [0.15, 0.2) is 30.3 Å². The highest BCUT2D eigenvalue weighted by Crippen LogP contribution is 2.17. The second-order valence-corrected chi connectivity index (χ2v) is 5.99.